The number of nitro benzene ring substituents is 1. The first-order chi connectivity index (χ1) is 6.68. The van der Waals surface area contributed by atoms with Gasteiger partial charge in [0.15, 0.2) is 0 Å². The van der Waals surface area contributed by atoms with Crippen molar-refractivity contribution in [3.8, 4) is 0 Å². The van der Waals surface area contributed by atoms with E-state index in [9.17, 15) is 10.1 Å². The molecule has 0 heterocycles. The molecule has 0 N–H and O–H groups in total. The first-order valence-electron chi connectivity index (χ1n) is 4.01. The number of hydrogen-bond acceptors (Lipinski definition) is 2. The van der Waals surface area contributed by atoms with Crippen molar-refractivity contribution in [1.82, 2.24) is 0 Å². The van der Waals surface area contributed by atoms with Gasteiger partial charge in [-0.3, -0.25) is 10.1 Å². The predicted molar refractivity (Wildman–Crippen MR) is 55.6 cm³/mol. The van der Waals surface area contributed by atoms with Crippen LogP contribution < -0.4 is 0 Å². The standard InChI is InChI=1S/C10H6ClNO2/c11-8-4-5-9-7(6-8)2-1-3-10(9)12(13)14/h1-6H. The van der Waals surface area contributed by atoms with Crippen molar-refractivity contribution in [1.29, 1.82) is 0 Å². The van der Waals surface area contributed by atoms with Crippen LogP contribution in [-0.2, 0) is 0 Å². The molecular formula is C10H6ClNO2. The molecule has 70 valence electrons. The number of non-ortho nitro benzene ring substituents is 1. The van der Waals surface area contributed by atoms with Crippen LogP contribution in [0, 0.1) is 10.1 Å². The normalized spacial score (nSPS) is 10.4. The van der Waals surface area contributed by atoms with Gasteiger partial charge in [-0.15, -0.1) is 0 Å². The van der Waals surface area contributed by atoms with Crippen LogP contribution in [0.1, 0.15) is 0 Å². The highest BCUT2D eigenvalue weighted by Crippen LogP contribution is 2.27. The summed E-state index contributed by atoms with van der Waals surface area (Å²) in [6.45, 7) is 0. The third-order valence-corrected chi connectivity index (χ3v) is 2.25. The molecule has 3 nitrogen and oxygen atoms in total. The summed E-state index contributed by atoms with van der Waals surface area (Å²) in [6, 6.07) is 9.96. The molecule has 0 aliphatic rings. The summed E-state index contributed by atoms with van der Waals surface area (Å²) >= 11 is 5.78. The van der Waals surface area contributed by atoms with Gasteiger partial charge in [0.05, 0.1) is 10.3 Å². The molecule has 0 spiro atoms. The molecule has 2 aromatic carbocycles. The lowest BCUT2D eigenvalue weighted by Crippen LogP contribution is -1.88. The molecule has 4 heteroatoms. The number of rotatable bonds is 1. The SMILES string of the molecule is O=[N+]([O-])c1cccc2cc(Cl)ccc12. The van der Waals surface area contributed by atoms with Crippen LogP contribution in [0.5, 0.6) is 0 Å². The average Bonchev–Trinajstić information content (AvgIpc) is 2.16. The molecule has 0 radical (unpaired) electrons. The Morgan fingerprint density at radius 3 is 2.71 bits per heavy atom. The van der Waals surface area contributed by atoms with Crippen LogP contribution >= 0.6 is 11.6 Å². The summed E-state index contributed by atoms with van der Waals surface area (Å²) in [5.41, 5.74) is 0.110. The van der Waals surface area contributed by atoms with Crippen molar-refractivity contribution in [3.05, 3.63) is 51.5 Å². The van der Waals surface area contributed by atoms with Gasteiger partial charge in [-0.25, -0.2) is 0 Å². The molecule has 0 saturated carbocycles. The zero-order valence-electron chi connectivity index (χ0n) is 7.11. The lowest BCUT2D eigenvalue weighted by molar-refractivity contribution is -0.383. The molecule has 2 rings (SSSR count). The monoisotopic (exact) mass is 207 g/mol. The molecule has 0 unspecified atom stereocenters. The number of benzene rings is 2. The molecule has 0 aliphatic carbocycles. The van der Waals surface area contributed by atoms with E-state index in [1.54, 1.807) is 30.3 Å². The summed E-state index contributed by atoms with van der Waals surface area (Å²) in [7, 11) is 0. The molecular weight excluding hydrogens is 202 g/mol. The first-order valence-corrected chi connectivity index (χ1v) is 4.39. The number of halogens is 1. The fraction of sp³-hybridized carbons (Fsp3) is 0. The summed E-state index contributed by atoms with van der Waals surface area (Å²) in [4.78, 5) is 10.3. The van der Waals surface area contributed by atoms with E-state index >= 15 is 0 Å². The fourth-order valence-electron chi connectivity index (χ4n) is 1.40. The van der Waals surface area contributed by atoms with Gasteiger partial charge >= 0.3 is 0 Å². The third kappa shape index (κ3) is 1.42. The second kappa shape index (κ2) is 3.27. The van der Waals surface area contributed by atoms with Crippen molar-refractivity contribution in [2.75, 3.05) is 0 Å². The zero-order chi connectivity index (χ0) is 10.1. The fourth-order valence-corrected chi connectivity index (χ4v) is 1.58. The lowest BCUT2D eigenvalue weighted by atomic mass is 10.1. The summed E-state index contributed by atoms with van der Waals surface area (Å²) < 4.78 is 0. The predicted octanol–water partition coefficient (Wildman–Crippen LogP) is 3.40. The minimum atomic E-state index is -0.393. The Morgan fingerprint density at radius 2 is 2.00 bits per heavy atom. The maximum absolute atomic E-state index is 10.7. The van der Waals surface area contributed by atoms with Gasteiger partial charge < -0.3 is 0 Å². The van der Waals surface area contributed by atoms with E-state index in [-0.39, 0.29) is 5.69 Å². The third-order valence-electron chi connectivity index (χ3n) is 2.02. The lowest BCUT2D eigenvalue weighted by Gasteiger charge is -1.99. The van der Waals surface area contributed by atoms with Crippen molar-refractivity contribution < 1.29 is 4.92 Å². The molecule has 0 bridgehead atoms. The molecule has 0 aliphatic heterocycles. The van der Waals surface area contributed by atoms with E-state index < -0.39 is 4.92 Å². The van der Waals surface area contributed by atoms with Crippen LogP contribution in [0.4, 0.5) is 5.69 Å². The Balaban J connectivity index is 2.81. The van der Waals surface area contributed by atoms with Crippen LogP contribution in [0.25, 0.3) is 10.8 Å². The van der Waals surface area contributed by atoms with E-state index in [2.05, 4.69) is 0 Å². The van der Waals surface area contributed by atoms with Gasteiger partial charge in [0, 0.05) is 11.1 Å². The Hall–Kier alpha value is -1.61. The van der Waals surface area contributed by atoms with Gasteiger partial charge in [-0.2, -0.15) is 0 Å². The number of hydrogen-bond donors (Lipinski definition) is 0. The Kier molecular flexibility index (Phi) is 2.09. The minimum absolute atomic E-state index is 0.110. The quantitative estimate of drug-likeness (QED) is 0.531. The molecule has 0 saturated heterocycles. The molecule has 0 atom stereocenters. The van der Waals surface area contributed by atoms with Gasteiger partial charge in [0.2, 0.25) is 0 Å². The smallest absolute Gasteiger partial charge is 0.258 e. The van der Waals surface area contributed by atoms with Gasteiger partial charge in [-0.05, 0) is 23.6 Å². The second-order valence-electron chi connectivity index (χ2n) is 2.90. The summed E-state index contributed by atoms with van der Waals surface area (Å²) in [5, 5.41) is 12.7. The van der Waals surface area contributed by atoms with E-state index in [0.717, 1.165) is 5.39 Å². The largest absolute Gasteiger partial charge is 0.277 e. The van der Waals surface area contributed by atoms with E-state index in [4.69, 9.17) is 11.6 Å². The molecule has 0 amide bonds. The molecule has 14 heavy (non-hydrogen) atoms. The van der Waals surface area contributed by atoms with Gasteiger partial charge in [-0.1, -0.05) is 23.7 Å². The highest BCUT2D eigenvalue weighted by atomic mass is 35.5. The van der Waals surface area contributed by atoms with Gasteiger partial charge in [0.25, 0.3) is 5.69 Å². The van der Waals surface area contributed by atoms with E-state index in [1.807, 2.05) is 0 Å². The molecule has 2 aromatic rings. The van der Waals surface area contributed by atoms with Crippen molar-refractivity contribution >= 4 is 28.1 Å². The number of nitro groups is 1. The van der Waals surface area contributed by atoms with Crippen LogP contribution in [0.3, 0.4) is 0 Å². The Labute approximate surface area is 85.1 Å². The average molecular weight is 208 g/mol. The summed E-state index contributed by atoms with van der Waals surface area (Å²) in [6.07, 6.45) is 0. The van der Waals surface area contributed by atoms with Crippen molar-refractivity contribution in [2.24, 2.45) is 0 Å². The van der Waals surface area contributed by atoms with Crippen molar-refractivity contribution in [3.63, 3.8) is 0 Å². The maximum Gasteiger partial charge on any atom is 0.277 e. The second-order valence-corrected chi connectivity index (χ2v) is 3.34. The van der Waals surface area contributed by atoms with E-state index in [0.29, 0.717) is 10.4 Å². The topological polar surface area (TPSA) is 43.1 Å². The number of fused-ring (bicyclic) bond motifs is 1. The Bertz CT molecular complexity index is 510. The van der Waals surface area contributed by atoms with Crippen LogP contribution in [0.2, 0.25) is 5.02 Å². The highest BCUT2D eigenvalue weighted by Gasteiger charge is 2.10. The van der Waals surface area contributed by atoms with Crippen molar-refractivity contribution in [2.45, 2.75) is 0 Å². The Morgan fingerprint density at radius 1 is 1.21 bits per heavy atom. The van der Waals surface area contributed by atoms with Crippen LogP contribution in [0.15, 0.2) is 36.4 Å². The summed E-state index contributed by atoms with van der Waals surface area (Å²) in [5.74, 6) is 0. The minimum Gasteiger partial charge on any atom is -0.258 e. The zero-order valence-corrected chi connectivity index (χ0v) is 7.86. The van der Waals surface area contributed by atoms with Crippen LogP contribution in [-0.4, -0.2) is 4.92 Å². The molecule has 0 aromatic heterocycles. The highest BCUT2D eigenvalue weighted by molar-refractivity contribution is 6.31. The maximum atomic E-state index is 10.7. The van der Waals surface area contributed by atoms with E-state index in [1.165, 1.54) is 6.07 Å². The van der Waals surface area contributed by atoms with Gasteiger partial charge in [0.1, 0.15) is 0 Å². The molecule has 0 fully saturated rings. The first kappa shape index (κ1) is 8.97. The number of nitrogens with zero attached hydrogens (tertiary/aromatic N) is 1.